The molecule has 1 aromatic rings. The van der Waals surface area contributed by atoms with Gasteiger partial charge < -0.3 is 5.73 Å². The normalized spacial score (nSPS) is 16.7. The van der Waals surface area contributed by atoms with Crippen LogP contribution >= 0.6 is 0 Å². The molecular formula is C17H21N. The number of hydrogen-bond donors (Lipinski definition) is 1. The summed E-state index contributed by atoms with van der Waals surface area (Å²) in [5, 5.41) is 0. The van der Waals surface area contributed by atoms with E-state index in [0.29, 0.717) is 5.92 Å². The van der Waals surface area contributed by atoms with E-state index in [-0.39, 0.29) is 0 Å². The molecule has 0 radical (unpaired) electrons. The van der Waals surface area contributed by atoms with E-state index in [9.17, 15) is 0 Å². The maximum atomic E-state index is 5.71. The highest BCUT2D eigenvalue weighted by atomic mass is 14.5. The second-order valence-corrected chi connectivity index (χ2v) is 4.98. The Hall–Kier alpha value is -1.76. The van der Waals surface area contributed by atoms with Gasteiger partial charge in [0.15, 0.2) is 0 Å². The van der Waals surface area contributed by atoms with E-state index in [0.717, 1.165) is 24.9 Å². The first-order valence-corrected chi connectivity index (χ1v) is 6.57. The van der Waals surface area contributed by atoms with Gasteiger partial charge >= 0.3 is 0 Å². The molecule has 1 aliphatic carbocycles. The zero-order valence-electron chi connectivity index (χ0n) is 11.0. The first-order valence-electron chi connectivity index (χ1n) is 6.57. The van der Waals surface area contributed by atoms with E-state index in [1.54, 1.807) is 0 Å². The van der Waals surface area contributed by atoms with Crippen LogP contribution in [0.5, 0.6) is 0 Å². The molecule has 0 heterocycles. The lowest BCUT2D eigenvalue weighted by molar-refractivity contribution is 0.656. The first kappa shape index (κ1) is 12.7. The number of benzene rings is 1. The summed E-state index contributed by atoms with van der Waals surface area (Å²) < 4.78 is 0. The summed E-state index contributed by atoms with van der Waals surface area (Å²) in [5.41, 5.74) is 10.8. The highest BCUT2D eigenvalue weighted by Crippen LogP contribution is 2.31. The third-order valence-electron chi connectivity index (χ3n) is 3.62. The van der Waals surface area contributed by atoms with Crippen LogP contribution in [-0.2, 0) is 0 Å². The van der Waals surface area contributed by atoms with Crippen LogP contribution in [0.4, 0.5) is 5.69 Å². The zero-order chi connectivity index (χ0) is 13.0. The van der Waals surface area contributed by atoms with E-state index in [4.69, 9.17) is 5.73 Å². The fraction of sp³-hybridized carbons (Fsp3) is 0.294. The van der Waals surface area contributed by atoms with Crippen LogP contribution in [0.25, 0.3) is 5.57 Å². The molecule has 0 amide bonds. The van der Waals surface area contributed by atoms with E-state index in [1.807, 2.05) is 18.2 Å². The molecule has 1 atom stereocenters. The molecule has 1 aromatic carbocycles. The largest absolute Gasteiger partial charge is 0.399 e. The molecule has 0 spiro atoms. The summed E-state index contributed by atoms with van der Waals surface area (Å²) in [6.45, 7) is 6.09. The van der Waals surface area contributed by atoms with Crippen molar-refractivity contribution in [1.29, 1.82) is 0 Å². The van der Waals surface area contributed by atoms with Gasteiger partial charge in [-0.1, -0.05) is 42.9 Å². The Balaban J connectivity index is 2.14. The van der Waals surface area contributed by atoms with Gasteiger partial charge in [0.2, 0.25) is 0 Å². The lowest BCUT2D eigenvalue weighted by Gasteiger charge is -2.19. The molecule has 2 rings (SSSR count). The SMILES string of the molecule is C=CCC(C)C1=CC=C(c2ccc(N)cc2)CC1. The number of anilines is 1. The summed E-state index contributed by atoms with van der Waals surface area (Å²) in [4.78, 5) is 0. The van der Waals surface area contributed by atoms with Crippen molar-refractivity contribution in [1.82, 2.24) is 0 Å². The van der Waals surface area contributed by atoms with Crippen LogP contribution in [0.1, 0.15) is 31.7 Å². The Morgan fingerprint density at radius 1 is 1.22 bits per heavy atom. The maximum absolute atomic E-state index is 5.71. The molecule has 0 bridgehead atoms. The van der Waals surface area contributed by atoms with Crippen molar-refractivity contribution >= 4 is 11.3 Å². The number of nitrogen functional groups attached to an aromatic ring is 1. The standard InChI is InChI=1S/C17H21N/c1-3-4-13(2)14-5-7-15(8-6-14)16-9-11-17(18)12-10-16/h3,5,7,9-13H,1,4,6,8,18H2,2H3. The van der Waals surface area contributed by atoms with Crippen molar-refractivity contribution in [2.45, 2.75) is 26.2 Å². The Kier molecular flexibility index (Phi) is 4.03. The van der Waals surface area contributed by atoms with Crippen LogP contribution in [0.2, 0.25) is 0 Å². The summed E-state index contributed by atoms with van der Waals surface area (Å²) in [5.74, 6) is 0.617. The molecule has 1 heteroatoms. The molecule has 2 N–H and O–H groups in total. The fourth-order valence-corrected chi connectivity index (χ4v) is 2.40. The lowest BCUT2D eigenvalue weighted by Crippen LogP contribution is -2.02. The summed E-state index contributed by atoms with van der Waals surface area (Å²) >= 11 is 0. The molecule has 0 aromatic heterocycles. The van der Waals surface area contributed by atoms with Gasteiger partial charge in [0.05, 0.1) is 0 Å². The molecule has 0 saturated carbocycles. The summed E-state index contributed by atoms with van der Waals surface area (Å²) in [6.07, 6.45) is 9.89. The van der Waals surface area contributed by atoms with Gasteiger partial charge in [0.1, 0.15) is 0 Å². The van der Waals surface area contributed by atoms with Crippen LogP contribution in [0, 0.1) is 5.92 Å². The van der Waals surface area contributed by atoms with Crippen molar-refractivity contribution in [2.75, 3.05) is 5.73 Å². The van der Waals surface area contributed by atoms with Crippen molar-refractivity contribution < 1.29 is 0 Å². The Bertz CT molecular complexity index is 477. The molecule has 0 fully saturated rings. The maximum Gasteiger partial charge on any atom is 0.0314 e. The van der Waals surface area contributed by atoms with Crippen molar-refractivity contribution in [3.05, 3.63) is 60.2 Å². The predicted molar refractivity (Wildman–Crippen MR) is 80.1 cm³/mol. The van der Waals surface area contributed by atoms with Crippen LogP contribution in [0.3, 0.4) is 0 Å². The van der Waals surface area contributed by atoms with Gasteiger partial charge in [-0.05, 0) is 48.4 Å². The Morgan fingerprint density at radius 3 is 2.50 bits per heavy atom. The zero-order valence-corrected chi connectivity index (χ0v) is 11.0. The van der Waals surface area contributed by atoms with E-state index < -0.39 is 0 Å². The number of allylic oxidation sites excluding steroid dienone is 5. The Labute approximate surface area is 110 Å². The van der Waals surface area contributed by atoms with Gasteiger partial charge in [-0.3, -0.25) is 0 Å². The fourth-order valence-electron chi connectivity index (χ4n) is 2.40. The van der Waals surface area contributed by atoms with Gasteiger partial charge in [-0.2, -0.15) is 0 Å². The van der Waals surface area contributed by atoms with E-state index in [2.05, 4.69) is 37.8 Å². The van der Waals surface area contributed by atoms with Gasteiger partial charge in [-0.15, -0.1) is 6.58 Å². The minimum Gasteiger partial charge on any atom is -0.399 e. The van der Waals surface area contributed by atoms with Crippen LogP contribution in [-0.4, -0.2) is 0 Å². The second-order valence-electron chi connectivity index (χ2n) is 4.98. The first-order chi connectivity index (χ1) is 8.70. The second kappa shape index (κ2) is 5.72. The average Bonchev–Trinajstić information content (AvgIpc) is 2.40. The van der Waals surface area contributed by atoms with E-state index >= 15 is 0 Å². The molecular weight excluding hydrogens is 218 g/mol. The molecule has 1 unspecified atom stereocenters. The third-order valence-corrected chi connectivity index (χ3v) is 3.62. The minimum atomic E-state index is 0.617. The summed E-state index contributed by atoms with van der Waals surface area (Å²) in [6, 6.07) is 8.14. The van der Waals surface area contributed by atoms with Gasteiger partial charge in [0, 0.05) is 5.69 Å². The molecule has 1 aliphatic rings. The predicted octanol–water partition coefficient (Wildman–Crippen LogP) is 4.58. The smallest absolute Gasteiger partial charge is 0.0314 e. The highest BCUT2D eigenvalue weighted by molar-refractivity contribution is 5.69. The van der Waals surface area contributed by atoms with Crippen molar-refractivity contribution in [3.8, 4) is 0 Å². The topological polar surface area (TPSA) is 26.0 Å². The third kappa shape index (κ3) is 2.92. The van der Waals surface area contributed by atoms with Crippen LogP contribution in [0.15, 0.2) is 54.6 Å². The van der Waals surface area contributed by atoms with Crippen LogP contribution < -0.4 is 5.73 Å². The number of hydrogen-bond acceptors (Lipinski definition) is 1. The van der Waals surface area contributed by atoms with Gasteiger partial charge in [0.25, 0.3) is 0 Å². The quantitative estimate of drug-likeness (QED) is 0.604. The monoisotopic (exact) mass is 239 g/mol. The lowest BCUT2D eigenvalue weighted by atomic mass is 9.86. The highest BCUT2D eigenvalue weighted by Gasteiger charge is 2.12. The summed E-state index contributed by atoms with van der Waals surface area (Å²) in [7, 11) is 0. The molecule has 0 aliphatic heterocycles. The molecule has 18 heavy (non-hydrogen) atoms. The number of rotatable bonds is 4. The van der Waals surface area contributed by atoms with Gasteiger partial charge in [-0.25, -0.2) is 0 Å². The molecule has 0 saturated heterocycles. The molecule has 1 nitrogen and oxygen atoms in total. The molecule has 94 valence electrons. The Morgan fingerprint density at radius 2 is 1.94 bits per heavy atom. The average molecular weight is 239 g/mol. The van der Waals surface area contributed by atoms with Crippen molar-refractivity contribution in [3.63, 3.8) is 0 Å². The van der Waals surface area contributed by atoms with Crippen molar-refractivity contribution in [2.24, 2.45) is 5.92 Å². The van der Waals surface area contributed by atoms with E-state index in [1.165, 1.54) is 16.7 Å². The number of nitrogens with two attached hydrogens (primary N) is 1. The minimum absolute atomic E-state index is 0.617.